The topological polar surface area (TPSA) is 60.5 Å². The molecule has 1 N–H and O–H groups in total. The van der Waals surface area contributed by atoms with Gasteiger partial charge in [0.2, 0.25) is 0 Å². The fourth-order valence-corrected chi connectivity index (χ4v) is 2.47. The summed E-state index contributed by atoms with van der Waals surface area (Å²) >= 11 is 0. The molecule has 0 unspecified atom stereocenters. The lowest BCUT2D eigenvalue weighted by Crippen LogP contribution is -2.12. The first-order chi connectivity index (χ1) is 12.2. The minimum Gasteiger partial charge on any atom is -0.493 e. The van der Waals surface area contributed by atoms with Crippen LogP contribution < -0.4 is 14.8 Å². The Morgan fingerprint density at radius 3 is 2.36 bits per heavy atom. The number of nitrogens with one attached hydrogen (secondary N) is 1. The van der Waals surface area contributed by atoms with Gasteiger partial charge in [-0.15, -0.1) is 0 Å². The van der Waals surface area contributed by atoms with Crippen LogP contribution in [0.3, 0.4) is 0 Å². The number of pyridine rings is 1. The van der Waals surface area contributed by atoms with Crippen molar-refractivity contribution in [2.45, 2.75) is 0 Å². The van der Waals surface area contributed by atoms with Gasteiger partial charge in [0.25, 0.3) is 5.91 Å². The van der Waals surface area contributed by atoms with E-state index in [0.29, 0.717) is 22.7 Å². The smallest absolute Gasteiger partial charge is 0.257 e. The van der Waals surface area contributed by atoms with Crippen molar-refractivity contribution < 1.29 is 14.3 Å². The zero-order chi connectivity index (χ0) is 17.6. The summed E-state index contributed by atoms with van der Waals surface area (Å²) in [7, 11) is 3.12. The quantitative estimate of drug-likeness (QED) is 0.765. The summed E-state index contributed by atoms with van der Waals surface area (Å²) < 4.78 is 10.5. The lowest BCUT2D eigenvalue weighted by molar-refractivity contribution is 0.102. The maximum Gasteiger partial charge on any atom is 0.257 e. The maximum atomic E-state index is 12.5. The van der Waals surface area contributed by atoms with E-state index in [9.17, 15) is 4.79 Å². The van der Waals surface area contributed by atoms with Crippen molar-refractivity contribution in [3.8, 4) is 22.6 Å². The highest BCUT2D eigenvalue weighted by molar-refractivity contribution is 6.04. The second-order valence-electron chi connectivity index (χ2n) is 5.35. The molecule has 0 saturated heterocycles. The molecule has 0 aliphatic rings. The fraction of sp³-hybridized carbons (Fsp3) is 0.100. The van der Waals surface area contributed by atoms with Crippen LogP contribution in [0, 0.1) is 0 Å². The first-order valence-electron chi connectivity index (χ1n) is 7.75. The molecule has 0 bridgehead atoms. The van der Waals surface area contributed by atoms with Crippen molar-refractivity contribution in [1.29, 1.82) is 0 Å². The third kappa shape index (κ3) is 3.77. The van der Waals surface area contributed by atoms with Gasteiger partial charge in [0.1, 0.15) is 0 Å². The molecule has 0 saturated carbocycles. The molecule has 1 amide bonds. The lowest BCUT2D eigenvalue weighted by Gasteiger charge is -2.11. The Morgan fingerprint density at radius 2 is 1.64 bits per heavy atom. The number of carbonyl (C=O) groups is 1. The first kappa shape index (κ1) is 16.5. The Morgan fingerprint density at radius 1 is 0.880 bits per heavy atom. The zero-order valence-electron chi connectivity index (χ0n) is 14.0. The van der Waals surface area contributed by atoms with Gasteiger partial charge < -0.3 is 14.8 Å². The predicted molar refractivity (Wildman–Crippen MR) is 97.2 cm³/mol. The number of methoxy groups -OCH3 is 2. The summed E-state index contributed by atoms with van der Waals surface area (Å²) in [5.41, 5.74) is 3.00. The zero-order valence-corrected chi connectivity index (χ0v) is 14.0. The molecule has 0 aliphatic heterocycles. The second-order valence-corrected chi connectivity index (χ2v) is 5.35. The first-order valence-corrected chi connectivity index (χ1v) is 7.75. The van der Waals surface area contributed by atoms with Crippen LogP contribution in [0.5, 0.6) is 11.5 Å². The van der Waals surface area contributed by atoms with Gasteiger partial charge >= 0.3 is 0 Å². The molecular formula is C20H18N2O3. The second kappa shape index (κ2) is 7.49. The number of hydrogen-bond acceptors (Lipinski definition) is 4. The van der Waals surface area contributed by atoms with E-state index in [1.165, 1.54) is 0 Å². The van der Waals surface area contributed by atoms with E-state index in [1.54, 1.807) is 44.8 Å². The molecule has 2 aromatic carbocycles. The van der Waals surface area contributed by atoms with E-state index in [0.717, 1.165) is 11.1 Å². The van der Waals surface area contributed by atoms with Crippen LogP contribution >= 0.6 is 0 Å². The largest absolute Gasteiger partial charge is 0.493 e. The number of hydrogen-bond donors (Lipinski definition) is 1. The highest BCUT2D eigenvalue weighted by atomic mass is 16.5. The molecule has 0 spiro atoms. The minimum absolute atomic E-state index is 0.238. The summed E-state index contributed by atoms with van der Waals surface area (Å²) in [5.74, 6) is 0.919. The summed E-state index contributed by atoms with van der Waals surface area (Å²) in [4.78, 5) is 16.7. The van der Waals surface area contributed by atoms with Gasteiger partial charge in [0.05, 0.1) is 19.8 Å². The van der Waals surface area contributed by atoms with E-state index in [2.05, 4.69) is 10.3 Å². The van der Waals surface area contributed by atoms with E-state index in [-0.39, 0.29) is 5.91 Å². The molecule has 25 heavy (non-hydrogen) atoms. The number of anilines is 1. The highest BCUT2D eigenvalue weighted by Crippen LogP contribution is 2.30. The van der Waals surface area contributed by atoms with E-state index in [1.807, 2.05) is 36.4 Å². The average molecular weight is 334 g/mol. The van der Waals surface area contributed by atoms with Gasteiger partial charge in [-0.05, 0) is 23.8 Å². The van der Waals surface area contributed by atoms with Gasteiger partial charge in [0.15, 0.2) is 11.5 Å². The maximum absolute atomic E-state index is 12.5. The molecule has 5 nitrogen and oxygen atoms in total. The summed E-state index contributed by atoms with van der Waals surface area (Å²) in [5, 5.41) is 2.85. The van der Waals surface area contributed by atoms with Crippen molar-refractivity contribution in [2.75, 3.05) is 19.5 Å². The summed E-state index contributed by atoms with van der Waals surface area (Å²) in [6, 6.07) is 16.8. The van der Waals surface area contributed by atoms with Crippen LogP contribution in [0.4, 0.5) is 5.69 Å². The van der Waals surface area contributed by atoms with E-state index < -0.39 is 0 Å². The number of benzene rings is 2. The minimum atomic E-state index is -0.238. The van der Waals surface area contributed by atoms with Gasteiger partial charge in [0, 0.05) is 29.7 Å². The van der Waals surface area contributed by atoms with Crippen LogP contribution in [0.25, 0.3) is 11.1 Å². The molecule has 0 aliphatic carbocycles. The number of carbonyl (C=O) groups excluding carboxylic acids is 1. The Labute approximate surface area is 146 Å². The Hall–Kier alpha value is -3.34. The van der Waals surface area contributed by atoms with Crippen molar-refractivity contribution in [1.82, 2.24) is 4.98 Å². The van der Waals surface area contributed by atoms with Gasteiger partial charge in [-0.3, -0.25) is 9.78 Å². The molecule has 0 radical (unpaired) electrons. The van der Waals surface area contributed by atoms with Crippen LogP contribution in [0.15, 0.2) is 67.0 Å². The monoisotopic (exact) mass is 334 g/mol. The third-order valence-corrected chi connectivity index (χ3v) is 3.75. The molecule has 0 atom stereocenters. The molecule has 0 fully saturated rings. The Balaban J connectivity index is 1.82. The summed E-state index contributed by atoms with van der Waals surface area (Å²) in [6.45, 7) is 0. The molecule has 3 rings (SSSR count). The van der Waals surface area contributed by atoms with Gasteiger partial charge in [-0.25, -0.2) is 0 Å². The molecule has 1 aromatic heterocycles. The summed E-state index contributed by atoms with van der Waals surface area (Å²) in [6.07, 6.45) is 3.28. The van der Waals surface area contributed by atoms with Crippen molar-refractivity contribution in [2.24, 2.45) is 0 Å². The molecule has 3 aromatic rings. The van der Waals surface area contributed by atoms with E-state index >= 15 is 0 Å². The Kier molecular flexibility index (Phi) is 4.95. The van der Waals surface area contributed by atoms with Crippen LogP contribution in [-0.4, -0.2) is 25.1 Å². The third-order valence-electron chi connectivity index (χ3n) is 3.75. The molecule has 126 valence electrons. The van der Waals surface area contributed by atoms with Crippen LogP contribution in [0.1, 0.15) is 10.4 Å². The van der Waals surface area contributed by atoms with Crippen molar-refractivity contribution in [3.63, 3.8) is 0 Å². The number of nitrogens with zero attached hydrogens (tertiary/aromatic N) is 1. The van der Waals surface area contributed by atoms with Crippen molar-refractivity contribution in [3.05, 3.63) is 72.6 Å². The van der Waals surface area contributed by atoms with Crippen molar-refractivity contribution >= 4 is 11.6 Å². The normalized spacial score (nSPS) is 10.2. The number of ether oxygens (including phenoxy) is 2. The molecule has 1 heterocycles. The van der Waals surface area contributed by atoms with Crippen LogP contribution in [-0.2, 0) is 0 Å². The standard InChI is InChI=1S/C20H18N2O3/c1-24-18-9-8-17(11-19(18)25-2)22-20(23)16-10-15(12-21-13-16)14-6-4-3-5-7-14/h3-13H,1-2H3,(H,22,23). The Bertz CT molecular complexity index is 879. The SMILES string of the molecule is COc1ccc(NC(=O)c2cncc(-c3ccccc3)c2)cc1OC. The van der Waals surface area contributed by atoms with Gasteiger partial charge in [-0.2, -0.15) is 0 Å². The fourth-order valence-electron chi connectivity index (χ4n) is 2.47. The van der Waals surface area contributed by atoms with Crippen LogP contribution in [0.2, 0.25) is 0 Å². The number of aromatic nitrogens is 1. The number of rotatable bonds is 5. The van der Waals surface area contributed by atoms with E-state index in [4.69, 9.17) is 9.47 Å². The average Bonchev–Trinajstić information content (AvgIpc) is 2.68. The predicted octanol–water partition coefficient (Wildman–Crippen LogP) is 4.02. The lowest BCUT2D eigenvalue weighted by atomic mass is 10.1. The molecular weight excluding hydrogens is 316 g/mol. The highest BCUT2D eigenvalue weighted by Gasteiger charge is 2.11. The molecule has 5 heteroatoms. The van der Waals surface area contributed by atoms with Gasteiger partial charge in [-0.1, -0.05) is 30.3 Å². The number of amides is 1.